The fourth-order valence-electron chi connectivity index (χ4n) is 5.94. The van der Waals surface area contributed by atoms with Crippen LogP contribution in [0.1, 0.15) is 44.6 Å². The van der Waals surface area contributed by atoms with Crippen LogP contribution in [-0.2, 0) is 14.9 Å². The SMILES string of the molecule is CCOC(=O)N1CCC(I2CCC3(CC2)CN(C(=O)C2C=CC(O)=CC2)c2ccc(F)cc23)CC1. The first kappa shape index (κ1) is 24.6. The Hall–Kier alpha value is -2.10. The van der Waals surface area contributed by atoms with Crippen molar-refractivity contribution < 1.29 is 23.8 Å². The van der Waals surface area contributed by atoms with Gasteiger partial charge in [0.1, 0.15) is 0 Å². The van der Waals surface area contributed by atoms with E-state index in [0.717, 1.165) is 53.9 Å². The van der Waals surface area contributed by atoms with E-state index in [4.69, 9.17) is 4.74 Å². The van der Waals surface area contributed by atoms with Crippen molar-refractivity contribution >= 4 is 37.5 Å². The van der Waals surface area contributed by atoms with E-state index >= 15 is 0 Å². The quantitative estimate of drug-likeness (QED) is 0.378. The van der Waals surface area contributed by atoms with Crippen molar-refractivity contribution in [1.29, 1.82) is 0 Å². The predicted molar refractivity (Wildman–Crippen MR) is 143 cm³/mol. The monoisotopic (exact) mass is 596 g/mol. The van der Waals surface area contributed by atoms with Gasteiger partial charge < -0.3 is 0 Å². The molecule has 1 aliphatic carbocycles. The number of alkyl halides is 3. The summed E-state index contributed by atoms with van der Waals surface area (Å²) in [6.45, 7) is 4.45. The molecule has 0 aromatic heterocycles. The molecule has 3 aliphatic heterocycles. The zero-order valence-electron chi connectivity index (χ0n) is 20.2. The summed E-state index contributed by atoms with van der Waals surface area (Å²) in [5, 5.41) is 9.65. The minimum atomic E-state index is -1.20. The molecule has 0 radical (unpaired) electrons. The van der Waals surface area contributed by atoms with Crippen LogP contribution in [0.3, 0.4) is 0 Å². The number of carbonyl (C=O) groups is 2. The maximum absolute atomic E-state index is 14.4. The van der Waals surface area contributed by atoms with Gasteiger partial charge >= 0.3 is 214 Å². The van der Waals surface area contributed by atoms with Crippen LogP contribution < -0.4 is 4.90 Å². The number of rotatable bonds is 3. The molecule has 8 heteroatoms. The number of hydrogen-bond acceptors (Lipinski definition) is 4. The number of aliphatic hydroxyl groups excluding tert-OH is 1. The van der Waals surface area contributed by atoms with E-state index in [-0.39, 0.29) is 34.9 Å². The van der Waals surface area contributed by atoms with Gasteiger partial charge in [-0.1, -0.05) is 0 Å². The Morgan fingerprint density at radius 3 is 2.63 bits per heavy atom. The number of anilines is 1. The molecule has 1 unspecified atom stereocenters. The average Bonchev–Trinajstić information content (AvgIpc) is 3.18. The number of allylic oxidation sites excluding steroid dienone is 2. The number of piperidine rings is 1. The van der Waals surface area contributed by atoms with Gasteiger partial charge in [-0.05, 0) is 0 Å². The zero-order chi connectivity index (χ0) is 24.6. The maximum atomic E-state index is 14.4. The van der Waals surface area contributed by atoms with E-state index in [1.807, 2.05) is 16.7 Å². The molecule has 2 saturated heterocycles. The Bertz CT molecular complexity index is 1040. The molecule has 4 aliphatic rings. The van der Waals surface area contributed by atoms with Crippen molar-refractivity contribution in [3.8, 4) is 0 Å². The Kier molecular flexibility index (Phi) is 7.10. The second kappa shape index (κ2) is 10.1. The summed E-state index contributed by atoms with van der Waals surface area (Å²) < 4.78 is 22.7. The molecule has 2 fully saturated rings. The number of aliphatic hydroxyl groups is 1. The van der Waals surface area contributed by atoms with Gasteiger partial charge in [0.15, 0.2) is 0 Å². The molecule has 6 nitrogen and oxygen atoms in total. The van der Waals surface area contributed by atoms with Gasteiger partial charge in [0, 0.05) is 0 Å². The van der Waals surface area contributed by atoms with Gasteiger partial charge in [0.2, 0.25) is 0 Å². The molecule has 190 valence electrons. The van der Waals surface area contributed by atoms with E-state index < -0.39 is 19.8 Å². The Morgan fingerprint density at radius 1 is 1.23 bits per heavy atom. The van der Waals surface area contributed by atoms with Gasteiger partial charge in [-0.2, -0.15) is 0 Å². The van der Waals surface area contributed by atoms with E-state index in [1.165, 1.54) is 14.9 Å². The molecule has 35 heavy (non-hydrogen) atoms. The third-order valence-corrected chi connectivity index (χ3v) is 15.6. The van der Waals surface area contributed by atoms with Crippen LogP contribution >= 0.6 is 19.8 Å². The summed E-state index contributed by atoms with van der Waals surface area (Å²) >= 11 is -1.20. The third-order valence-electron chi connectivity index (χ3n) is 7.96. The fourth-order valence-corrected chi connectivity index (χ4v) is 14.0. The first-order valence-corrected chi connectivity index (χ1v) is 16.9. The van der Waals surface area contributed by atoms with Crippen LogP contribution in [-0.4, -0.2) is 61.0 Å². The molecular weight excluding hydrogens is 562 g/mol. The first-order chi connectivity index (χ1) is 16.9. The molecular formula is C27H34FIN2O4. The molecule has 1 aromatic rings. The predicted octanol–water partition coefficient (Wildman–Crippen LogP) is 5.35. The number of benzene rings is 1. The zero-order valence-corrected chi connectivity index (χ0v) is 22.4. The second-order valence-electron chi connectivity index (χ2n) is 9.93. The molecule has 1 spiro atoms. The van der Waals surface area contributed by atoms with Crippen molar-refractivity contribution in [1.82, 2.24) is 4.90 Å². The number of carbonyl (C=O) groups excluding carboxylic acids is 2. The first-order valence-electron chi connectivity index (χ1n) is 12.6. The molecule has 5 rings (SSSR count). The average molecular weight is 596 g/mol. The second-order valence-corrected chi connectivity index (χ2v) is 16.7. The van der Waals surface area contributed by atoms with Crippen LogP contribution in [0.4, 0.5) is 14.9 Å². The summed E-state index contributed by atoms with van der Waals surface area (Å²) in [6.07, 6.45) is 9.52. The van der Waals surface area contributed by atoms with Crippen LogP contribution in [0, 0.1) is 11.7 Å². The van der Waals surface area contributed by atoms with E-state index in [1.54, 1.807) is 30.4 Å². The number of hydrogen-bond donors (Lipinski definition) is 1. The Labute approximate surface area is 213 Å². The number of halogens is 2. The summed E-state index contributed by atoms with van der Waals surface area (Å²) in [7, 11) is 0. The van der Waals surface area contributed by atoms with Crippen LogP contribution in [0.15, 0.2) is 42.2 Å². The van der Waals surface area contributed by atoms with E-state index in [2.05, 4.69) is 0 Å². The molecule has 0 saturated carbocycles. The van der Waals surface area contributed by atoms with Gasteiger partial charge in [0.25, 0.3) is 0 Å². The van der Waals surface area contributed by atoms with Crippen molar-refractivity contribution in [3.63, 3.8) is 0 Å². The van der Waals surface area contributed by atoms with Crippen LogP contribution in [0.5, 0.6) is 0 Å². The van der Waals surface area contributed by atoms with Crippen molar-refractivity contribution in [2.45, 2.75) is 48.4 Å². The summed E-state index contributed by atoms with van der Waals surface area (Å²) in [5.74, 6) is -0.306. The summed E-state index contributed by atoms with van der Waals surface area (Å²) in [4.78, 5) is 29.2. The topological polar surface area (TPSA) is 70.1 Å². The van der Waals surface area contributed by atoms with Gasteiger partial charge in [-0.3, -0.25) is 0 Å². The number of fused-ring (bicyclic) bond motifs is 2. The number of nitrogens with zero attached hydrogens (tertiary/aromatic N) is 2. The number of ether oxygens (including phenoxy) is 1. The van der Waals surface area contributed by atoms with Gasteiger partial charge in [-0.25, -0.2) is 0 Å². The normalized spacial score (nSPS) is 24.9. The minimum absolute atomic E-state index is 0.0296. The van der Waals surface area contributed by atoms with Crippen LogP contribution in [0.2, 0.25) is 0 Å². The molecule has 0 bridgehead atoms. The van der Waals surface area contributed by atoms with Crippen molar-refractivity contribution in [2.24, 2.45) is 5.92 Å². The standard InChI is InChI=1S/C27H34FIN2O4/c1-2-35-26(34)30-15-9-21(10-16-30)29-13-11-27(12-14-29)18-31(24-8-5-20(28)17-23(24)27)25(33)19-3-6-22(32)7-4-19/h3,5-8,17,19,21,32H,2,4,9-16,18H2,1H3. The van der Waals surface area contributed by atoms with Gasteiger partial charge in [0.05, 0.1) is 0 Å². The fraction of sp³-hybridized carbons (Fsp3) is 0.556. The summed E-state index contributed by atoms with van der Waals surface area (Å²) in [6, 6.07) is 4.89. The number of amides is 2. The molecule has 1 N–H and O–H groups in total. The van der Waals surface area contributed by atoms with E-state index in [9.17, 15) is 19.1 Å². The van der Waals surface area contributed by atoms with Crippen molar-refractivity contribution in [3.05, 3.63) is 53.6 Å². The molecule has 3 heterocycles. The van der Waals surface area contributed by atoms with Gasteiger partial charge in [-0.15, -0.1) is 0 Å². The molecule has 2 amide bonds. The Balaban J connectivity index is 1.27. The summed E-state index contributed by atoms with van der Waals surface area (Å²) in [5.41, 5.74) is 1.69. The van der Waals surface area contributed by atoms with Crippen LogP contribution in [0.25, 0.3) is 0 Å². The third kappa shape index (κ3) is 4.82. The molecule has 1 aromatic carbocycles. The Morgan fingerprint density at radius 2 is 1.97 bits per heavy atom. The molecule has 1 atom stereocenters. The van der Waals surface area contributed by atoms with E-state index in [0.29, 0.717) is 19.6 Å². The number of likely N-dealkylation sites (tertiary alicyclic amines) is 1. The van der Waals surface area contributed by atoms with Crippen molar-refractivity contribution in [2.75, 3.05) is 40.0 Å².